The number of hydrogen-bond donors (Lipinski definition) is 1. The van der Waals surface area contributed by atoms with Crippen molar-refractivity contribution in [2.24, 2.45) is 5.10 Å². The third-order valence-corrected chi connectivity index (χ3v) is 8.62. The summed E-state index contributed by atoms with van der Waals surface area (Å²) >= 11 is 0. The molecule has 4 nitrogen and oxygen atoms in total. The van der Waals surface area contributed by atoms with Crippen molar-refractivity contribution in [3.05, 3.63) is 88.5 Å². The van der Waals surface area contributed by atoms with Crippen LogP contribution in [0.15, 0.2) is 76.2 Å². The SMILES string of the molecule is CC(C)c1cc(C(C)C)c(S(=O)(=O)N/N=C(\C#CC2=CCCCC2)c2ccc3ccccc3c2)c(C(C)C)c1. The summed E-state index contributed by atoms with van der Waals surface area (Å²) in [6.45, 7) is 12.4. The van der Waals surface area contributed by atoms with E-state index in [1.807, 2.05) is 76.2 Å². The van der Waals surface area contributed by atoms with E-state index in [4.69, 9.17) is 0 Å². The molecule has 0 radical (unpaired) electrons. The van der Waals surface area contributed by atoms with Crippen LogP contribution in [0.25, 0.3) is 10.8 Å². The molecule has 0 atom stereocenters. The number of hydrazone groups is 1. The van der Waals surface area contributed by atoms with E-state index >= 15 is 0 Å². The summed E-state index contributed by atoms with van der Waals surface area (Å²) in [7, 11) is -3.96. The molecule has 0 unspecified atom stereocenters. The average molecular weight is 541 g/mol. The van der Waals surface area contributed by atoms with Gasteiger partial charge in [0, 0.05) is 5.56 Å². The van der Waals surface area contributed by atoms with Gasteiger partial charge in [0.05, 0.1) is 4.90 Å². The Balaban J connectivity index is 1.82. The Morgan fingerprint density at radius 3 is 2.10 bits per heavy atom. The van der Waals surface area contributed by atoms with Crippen LogP contribution in [0.2, 0.25) is 0 Å². The molecule has 0 saturated heterocycles. The monoisotopic (exact) mass is 540 g/mol. The van der Waals surface area contributed by atoms with Crippen LogP contribution < -0.4 is 4.83 Å². The Kier molecular flexibility index (Phi) is 8.97. The highest BCUT2D eigenvalue weighted by atomic mass is 32.2. The van der Waals surface area contributed by atoms with E-state index in [9.17, 15) is 8.42 Å². The van der Waals surface area contributed by atoms with Gasteiger partial charge in [0.2, 0.25) is 0 Å². The van der Waals surface area contributed by atoms with E-state index in [1.54, 1.807) is 0 Å². The molecule has 5 heteroatoms. The van der Waals surface area contributed by atoms with Crippen LogP contribution in [-0.4, -0.2) is 14.1 Å². The Bertz CT molecular complexity index is 1550. The lowest BCUT2D eigenvalue weighted by Gasteiger charge is -2.22. The van der Waals surface area contributed by atoms with Gasteiger partial charge in [-0.15, -0.1) is 0 Å². The van der Waals surface area contributed by atoms with Crippen LogP contribution in [0.3, 0.4) is 0 Å². The van der Waals surface area contributed by atoms with Crippen molar-refractivity contribution in [1.29, 1.82) is 0 Å². The minimum absolute atomic E-state index is 0.0368. The van der Waals surface area contributed by atoms with E-state index in [0.29, 0.717) is 16.5 Å². The molecule has 3 aromatic carbocycles. The normalized spacial score (nSPS) is 14.5. The zero-order chi connectivity index (χ0) is 28.2. The van der Waals surface area contributed by atoms with E-state index < -0.39 is 10.0 Å². The van der Waals surface area contributed by atoms with Gasteiger partial charge in [-0.2, -0.15) is 18.4 Å². The van der Waals surface area contributed by atoms with Crippen molar-refractivity contribution < 1.29 is 8.42 Å². The fourth-order valence-electron chi connectivity index (χ4n) is 4.94. The molecule has 0 bridgehead atoms. The molecular formula is C34H40N2O2S. The first kappa shape index (κ1) is 28.6. The van der Waals surface area contributed by atoms with Crippen molar-refractivity contribution in [2.75, 3.05) is 0 Å². The number of allylic oxidation sites excluding steroid dienone is 2. The van der Waals surface area contributed by atoms with Gasteiger partial charge in [-0.25, -0.2) is 0 Å². The van der Waals surface area contributed by atoms with Crippen molar-refractivity contribution in [3.63, 3.8) is 0 Å². The third-order valence-electron chi connectivity index (χ3n) is 7.28. The van der Waals surface area contributed by atoms with Crippen molar-refractivity contribution >= 4 is 26.5 Å². The highest BCUT2D eigenvalue weighted by Gasteiger charge is 2.27. The fraction of sp³-hybridized carbons (Fsp3) is 0.382. The molecule has 0 saturated carbocycles. The summed E-state index contributed by atoms with van der Waals surface area (Å²) in [5.74, 6) is 6.84. The highest BCUT2D eigenvalue weighted by molar-refractivity contribution is 7.89. The number of sulfonamides is 1. The molecule has 0 spiro atoms. The molecule has 0 amide bonds. The van der Waals surface area contributed by atoms with Gasteiger partial charge in [0.15, 0.2) is 0 Å². The summed E-state index contributed by atoms with van der Waals surface area (Å²) < 4.78 is 27.9. The zero-order valence-electron chi connectivity index (χ0n) is 24.0. The second-order valence-electron chi connectivity index (χ2n) is 11.3. The number of benzene rings is 3. The minimum atomic E-state index is -3.96. The van der Waals surface area contributed by atoms with Crippen LogP contribution in [0.5, 0.6) is 0 Å². The average Bonchev–Trinajstić information content (AvgIpc) is 2.92. The van der Waals surface area contributed by atoms with Gasteiger partial charge >= 0.3 is 0 Å². The number of rotatable bonds is 7. The summed E-state index contributed by atoms with van der Waals surface area (Å²) in [4.78, 5) is 2.92. The molecule has 1 N–H and O–H groups in total. The second kappa shape index (κ2) is 12.2. The lowest BCUT2D eigenvalue weighted by Crippen LogP contribution is -2.24. The smallest absolute Gasteiger partial charge is 0.200 e. The van der Waals surface area contributed by atoms with E-state index in [2.05, 4.69) is 47.8 Å². The first-order valence-electron chi connectivity index (χ1n) is 14.0. The van der Waals surface area contributed by atoms with Gasteiger partial charge < -0.3 is 0 Å². The largest absolute Gasteiger partial charge is 0.277 e. The predicted molar refractivity (Wildman–Crippen MR) is 164 cm³/mol. The zero-order valence-corrected chi connectivity index (χ0v) is 24.8. The molecule has 1 aliphatic carbocycles. The van der Waals surface area contributed by atoms with Crippen LogP contribution in [0.4, 0.5) is 0 Å². The van der Waals surface area contributed by atoms with Crippen molar-refractivity contribution in [1.82, 2.24) is 4.83 Å². The molecular weight excluding hydrogens is 500 g/mol. The molecule has 204 valence electrons. The first-order chi connectivity index (χ1) is 18.6. The van der Waals surface area contributed by atoms with Gasteiger partial charge in [0.25, 0.3) is 10.0 Å². The number of hydrogen-bond acceptors (Lipinski definition) is 3. The number of fused-ring (bicyclic) bond motifs is 1. The highest BCUT2D eigenvalue weighted by Crippen LogP contribution is 2.35. The minimum Gasteiger partial charge on any atom is -0.200 e. The molecule has 1 aliphatic rings. The van der Waals surface area contributed by atoms with Gasteiger partial charge in [-0.3, -0.25) is 0 Å². The second-order valence-corrected chi connectivity index (χ2v) is 12.9. The lowest BCUT2D eigenvalue weighted by atomic mass is 9.89. The summed E-state index contributed by atoms with van der Waals surface area (Å²) in [5, 5.41) is 6.63. The van der Waals surface area contributed by atoms with Gasteiger partial charge in [-0.1, -0.05) is 102 Å². The summed E-state index contributed by atoms with van der Waals surface area (Å²) in [6.07, 6.45) is 6.46. The van der Waals surface area contributed by atoms with Gasteiger partial charge in [-0.05, 0) is 88.5 Å². The Labute approximate surface area is 234 Å². The maximum Gasteiger partial charge on any atom is 0.277 e. The topological polar surface area (TPSA) is 58.5 Å². The molecule has 0 aliphatic heterocycles. The van der Waals surface area contributed by atoms with Crippen LogP contribution in [0.1, 0.15) is 107 Å². The molecule has 0 aromatic heterocycles. The molecule has 0 heterocycles. The fourth-order valence-corrected chi connectivity index (χ4v) is 6.46. The summed E-state index contributed by atoms with van der Waals surface area (Å²) in [5.41, 5.74) is 5.06. The Hall–Kier alpha value is -3.36. The van der Waals surface area contributed by atoms with E-state index in [1.165, 1.54) is 6.42 Å². The van der Waals surface area contributed by atoms with Crippen molar-refractivity contribution in [2.45, 2.75) is 89.9 Å². The van der Waals surface area contributed by atoms with Crippen LogP contribution >= 0.6 is 0 Å². The third kappa shape index (κ3) is 6.81. The van der Waals surface area contributed by atoms with Gasteiger partial charge in [0.1, 0.15) is 5.71 Å². The Morgan fingerprint density at radius 2 is 1.51 bits per heavy atom. The lowest BCUT2D eigenvalue weighted by molar-refractivity contribution is 0.579. The predicted octanol–water partition coefficient (Wildman–Crippen LogP) is 8.40. The molecule has 0 fully saturated rings. The Morgan fingerprint density at radius 1 is 0.846 bits per heavy atom. The van der Waals surface area contributed by atoms with E-state index in [0.717, 1.165) is 57.9 Å². The quantitative estimate of drug-likeness (QED) is 0.186. The van der Waals surface area contributed by atoms with Crippen molar-refractivity contribution in [3.8, 4) is 11.8 Å². The first-order valence-corrected chi connectivity index (χ1v) is 15.5. The maximum absolute atomic E-state index is 13.9. The van der Waals surface area contributed by atoms with Crippen LogP contribution in [-0.2, 0) is 10.0 Å². The summed E-state index contributed by atoms with van der Waals surface area (Å²) in [6, 6.07) is 18.2. The molecule has 3 aromatic rings. The standard InChI is InChI=1S/C34H40N2O2S/c1-23(2)30-21-31(24(3)4)34(32(22-30)25(5)6)39(37,38)36-35-33(19-16-26-12-8-7-9-13-26)29-18-17-27-14-10-11-15-28(27)20-29/h10-12,14-15,17-18,20-25,36H,7-9,13H2,1-6H3/b35-33+. The van der Waals surface area contributed by atoms with Crippen LogP contribution in [0, 0.1) is 11.8 Å². The van der Waals surface area contributed by atoms with E-state index in [-0.39, 0.29) is 11.8 Å². The number of nitrogens with one attached hydrogen (secondary N) is 1. The number of nitrogens with zero attached hydrogens (tertiary/aromatic N) is 1. The molecule has 4 rings (SSSR count). The molecule has 39 heavy (non-hydrogen) atoms. The maximum atomic E-state index is 13.9.